The molecule has 0 unspecified atom stereocenters. The smallest absolute Gasteiger partial charge is 0.161 e. The number of benzene rings is 2. The van der Waals surface area contributed by atoms with Crippen LogP contribution in [0, 0.1) is 0 Å². The van der Waals surface area contributed by atoms with Gasteiger partial charge in [0.1, 0.15) is 0 Å². The van der Waals surface area contributed by atoms with Gasteiger partial charge in [0.25, 0.3) is 0 Å². The molecule has 0 aromatic heterocycles. The Labute approximate surface area is 137 Å². The topological polar surface area (TPSA) is 39.7 Å². The average Bonchev–Trinajstić information content (AvgIpc) is 3.13. The Kier molecular flexibility index (Phi) is 5.16. The molecule has 1 atom stereocenters. The van der Waals surface area contributed by atoms with Crippen molar-refractivity contribution in [3.63, 3.8) is 0 Å². The fraction of sp³-hybridized carbons (Fsp3) is 0.368. The molecular formula is C19H23NO3. The van der Waals surface area contributed by atoms with E-state index in [0.29, 0.717) is 12.7 Å². The Hall–Kier alpha value is -2.04. The van der Waals surface area contributed by atoms with Crippen molar-refractivity contribution >= 4 is 0 Å². The summed E-state index contributed by atoms with van der Waals surface area (Å²) in [6.45, 7) is 2.61. The molecule has 122 valence electrons. The van der Waals surface area contributed by atoms with Crippen LogP contribution in [0.25, 0.3) is 11.1 Å². The van der Waals surface area contributed by atoms with Gasteiger partial charge in [-0.3, -0.25) is 0 Å². The highest BCUT2D eigenvalue weighted by Gasteiger charge is 2.16. The summed E-state index contributed by atoms with van der Waals surface area (Å²) in [7, 11) is 3.30. The van der Waals surface area contributed by atoms with Crippen LogP contribution in [0.15, 0.2) is 42.5 Å². The van der Waals surface area contributed by atoms with Gasteiger partial charge in [-0.2, -0.15) is 0 Å². The molecule has 2 aromatic carbocycles. The molecule has 23 heavy (non-hydrogen) atoms. The summed E-state index contributed by atoms with van der Waals surface area (Å²) >= 11 is 0. The summed E-state index contributed by atoms with van der Waals surface area (Å²) in [6.07, 6.45) is 1.40. The fourth-order valence-corrected chi connectivity index (χ4v) is 2.91. The van der Waals surface area contributed by atoms with Crippen molar-refractivity contribution in [1.29, 1.82) is 0 Å². The molecule has 0 radical (unpaired) electrons. The lowest BCUT2D eigenvalue weighted by atomic mass is 9.99. The molecule has 1 aliphatic heterocycles. The zero-order valence-electron chi connectivity index (χ0n) is 13.7. The van der Waals surface area contributed by atoms with Gasteiger partial charge in [0.15, 0.2) is 11.5 Å². The van der Waals surface area contributed by atoms with Crippen LogP contribution in [0.2, 0.25) is 0 Å². The van der Waals surface area contributed by atoms with Gasteiger partial charge in [0.05, 0.1) is 26.9 Å². The molecule has 1 N–H and O–H groups in total. The third kappa shape index (κ3) is 3.66. The van der Waals surface area contributed by atoms with Crippen molar-refractivity contribution in [2.24, 2.45) is 0 Å². The van der Waals surface area contributed by atoms with Crippen LogP contribution in [0.1, 0.15) is 12.0 Å². The predicted molar refractivity (Wildman–Crippen MR) is 91.0 cm³/mol. The molecule has 4 nitrogen and oxygen atoms in total. The van der Waals surface area contributed by atoms with E-state index in [1.165, 1.54) is 11.1 Å². The van der Waals surface area contributed by atoms with Crippen molar-refractivity contribution in [3.05, 3.63) is 48.0 Å². The third-order valence-electron chi connectivity index (χ3n) is 4.20. The quantitative estimate of drug-likeness (QED) is 0.888. The van der Waals surface area contributed by atoms with E-state index in [1.54, 1.807) is 14.2 Å². The molecule has 3 rings (SSSR count). The fourth-order valence-electron chi connectivity index (χ4n) is 2.91. The molecule has 1 saturated heterocycles. The zero-order valence-corrected chi connectivity index (χ0v) is 13.7. The highest BCUT2D eigenvalue weighted by molar-refractivity contribution is 5.70. The minimum Gasteiger partial charge on any atom is -0.493 e. The summed E-state index contributed by atoms with van der Waals surface area (Å²) in [6, 6.07) is 14.3. The predicted octanol–water partition coefficient (Wildman–Crippen LogP) is 3.25. The van der Waals surface area contributed by atoms with E-state index in [4.69, 9.17) is 14.2 Å². The normalized spacial score (nSPS) is 17.2. The third-order valence-corrected chi connectivity index (χ3v) is 4.20. The number of methoxy groups -OCH3 is 2. The lowest BCUT2D eigenvalue weighted by Gasteiger charge is -2.15. The highest BCUT2D eigenvalue weighted by Crippen LogP contribution is 2.33. The van der Waals surface area contributed by atoms with Gasteiger partial charge in [-0.25, -0.2) is 0 Å². The number of hydrogen-bond donors (Lipinski definition) is 1. The second kappa shape index (κ2) is 7.49. The van der Waals surface area contributed by atoms with Crippen LogP contribution in [-0.2, 0) is 11.3 Å². The second-order valence-electron chi connectivity index (χ2n) is 5.65. The molecule has 0 saturated carbocycles. The summed E-state index contributed by atoms with van der Waals surface area (Å²) in [4.78, 5) is 0. The van der Waals surface area contributed by atoms with Gasteiger partial charge in [-0.1, -0.05) is 30.3 Å². The lowest BCUT2D eigenvalue weighted by Crippen LogP contribution is -2.16. The Morgan fingerprint density at radius 2 is 1.87 bits per heavy atom. The Morgan fingerprint density at radius 1 is 1.04 bits per heavy atom. The average molecular weight is 313 g/mol. The first-order chi connectivity index (χ1) is 11.3. The summed E-state index contributed by atoms with van der Waals surface area (Å²) in [5.74, 6) is 1.47. The van der Waals surface area contributed by atoms with Crippen LogP contribution >= 0.6 is 0 Å². The minimum atomic E-state index is 0.313. The highest BCUT2D eigenvalue weighted by atomic mass is 16.5. The number of nitrogens with one attached hydrogen (secondary N) is 1. The monoisotopic (exact) mass is 313 g/mol. The SMILES string of the molecule is COc1ccc(-c2ccccc2CO[C@H]2CCNC2)cc1OC. The van der Waals surface area contributed by atoms with Crippen LogP contribution in [0.5, 0.6) is 11.5 Å². The van der Waals surface area contributed by atoms with Crippen molar-refractivity contribution in [2.75, 3.05) is 27.3 Å². The zero-order chi connectivity index (χ0) is 16.1. The molecular weight excluding hydrogens is 290 g/mol. The van der Waals surface area contributed by atoms with Gasteiger partial charge in [-0.05, 0) is 41.8 Å². The molecule has 1 aliphatic rings. The van der Waals surface area contributed by atoms with Crippen molar-refractivity contribution in [2.45, 2.75) is 19.1 Å². The number of rotatable bonds is 6. The summed E-state index contributed by atoms with van der Waals surface area (Å²) in [5, 5.41) is 3.33. The Bertz CT molecular complexity index is 651. The maximum atomic E-state index is 6.03. The first kappa shape index (κ1) is 15.8. The van der Waals surface area contributed by atoms with Gasteiger partial charge in [0, 0.05) is 6.54 Å². The van der Waals surface area contributed by atoms with Crippen molar-refractivity contribution < 1.29 is 14.2 Å². The number of hydrogen-bond acceptors (Lipinski definition) is 4. The van der Waals surface area contributed by atoms with Crippen molar-refractivity contribution in [3.8, 4) is 22.6 Å². The lowest BCUT2D eigenvalue weighted by molar-refractivity contribution is 0.0545. The standard InChI is InChI=1S/C19H23NO3/c1-21-18-8-7-14(11-19(18)22-2)17-6-4-3-5-15(17)13-23-16-9-10-20-12-16/h3-8,11,16,20H,9-10,12-13H2,1-2H3/t16-/m0/s1. The van der Waals surface area contributed by atoms with Crippen LogP contribution in [0.3, 0.4) is 0 Å². The van der Waals surface area contributed by atoms with Crippen LogP contribution in [0.4, 0.5) is 0 Å². The molecule has 0 bridgehead atoms. The maximum absolute atomic E-state index is 6.03. The van der Waals surface area contributed by atoms with E-state index < -0.39 is 0 Å². The van der Waals surface area contributed by atoms with Gasteiger partial charge in [-0.15, -0.1) is 0 Å². The largest absolute Gasteiger partial charge is 0.493 e. The van der Waals surface area contributed by atoms with Gasteiger partial charge in [0.2, 0.25) is 0 Å². The van der Waals surface area contributed by atoms with Gasteiger partial charge < -0.3 is 19.5 Å². The first-order valence-electron chi connectivity index (χ1n) is 7.94. The van der Waals surface area contributed by atoms with E-state index in [0.717, 1.165) is 36.6 Å². The maximum Gasteiger partial charge on any atom is 0.161 e. The van der Waals surface area contributed by atoms with Gasteiger partial charge >= 0.3 is 0 Å². The Morgan fingerprint density at radius 3 is 2.61 bits per heavy atom. The summed E-state index contributed by atoms with van der Waals surface area (Å²) < 4.78 is 16.8. The molecule has 0 aliphatic carbocycles. The minimum absolute atomic E-state index is 0.313. The molecule has 1 heterocycles. The van der Waals surface area contributed by atoms with Crippen LogP contribution < -0.4 is 14.8 Å². The molecule has 0 spiro atoms. The molecule has 1 fully saturated rings. The number of ether oxygens (including phenoxy) is 3. The molecule has 0 amide bonds. The van der Waals surface area contributed by atoms with E-state index in [-0.39, 0.29) is 0 Å². The first-order valence-corrected chi connectivity index (χ1v) is 7.94. The van der Waals surface area contributed by atoms with E-state index >= 15 is 0 Å². The molecule has 2 aromatic rings. The molecule has 4 heteroatoms. The second-order valence-corrected chi connectivity index (χ2v) is 5.65. The Balaban J connectivity index is 1.84. The van der Waals surface area contributed by atoms with E-state index in [9.17, 15) is 0 Å². The van der Waals surface area contributed by atoms with Crippen LogP contribution in [-0.4, -0.2) is 33.4 Å². The summed E-state index contributed by atoms with van der Waals surface area (Å²) in [5.41, 5.74) is 3.46. The van der Waals surface area contributed by atoms with E-state index in [2.05, 4.69) is 29.6 Å². The van der Waals surface area contributed by atoms with E-state index in [1.807, 2.05) is 18.2 Å². The van der Waals surface area contributed by atoms with Crippen molar-refractivity contribution in [1.82, 2.24) is 5.32 Å².